The zero-order valence-electron chi connectivity index (χ0n) is 6.96. The van der Waals surface area contributed by atoms with Crippen LogP contribution in [0.25, 0.3) is 0 Å². The molecule has 0 saturated carbocycles. The van der Waals surface area contributed by atoms with Crippen molar-refractivity contribution < 1.29 is 14.3 Å². The third kappa shape index (κ3) is 4.31. The fraction of sp³-hybridized carbons (Fsp3) is 0.500. The average Bonchev–Trinajstić information content (AvgIpc) is 1.99. The van der Waals surface area contributed by atoms with Crippen molar-refractivity contribution in [3.05, 3.63) is 12.2 Å². The summed E-state index contributed by atoms with van der Waals surface area (Å²) >= 11 is 0. The third-order valence-corrected chi connectivity index (χ3v) is 1.15. The summed E-state index contributed by atoms with van der Waals surface area (Å²) in [7, 11) is 1.27. The number of carbonyl (C=O) groups excluding carboxylic acids is 2. The van der Waals surface area contributed by atoms with Crippen LogP contribution in [0.3, 0.4) is 0 Å². The molecule has 0 amide bonds. The van der Waals surface area contributed by atoms with E-state index in [0.717, 1.165) is 6.08 Å². The number of rotatable bonds is 3. The predicted octanol–water partition coefficient (Wildman–Crippen LogP) is 0.941. The van der Waals surface area contributed by atoms with Gasteiger partial charge in [-0.15, -0.1) is 0 Å². The Labute approximate surface area is 66.0 Å². The molecule has 62 valence electrons. The molecule has 0 aromatic carbocycles. The molecule has 0 aliphatic heterocycles. The minimum atomic E-state index is -0.501. The van der Waals surface area contributed by atoms with Gasteiger partial charge in [0, 0.05) is 12.0 Å². The number of allylic oxidation sites excluding steroid dienone is 1. The van der Waals surface area contributed by atoms with Crippen molar-refractivity contribution >= 4 is 11.8 Å². The van der Waals surface area contributed by atoms with Gasteiger partial charge in [0.1, 0.15) is 0 Å². The summed E-state index contributed by atoms with van der Waals surface area (Å²) in [6.45, 7) is 3.54. The smallest absolute Gasteiger partial charge is 0.330 e. The van der Waals surface area contributed by atoms with Crippen LogP contribution in [0.2, 0.25) is 0 Å². The fourth-order valence-corrected chi connectivity index (χ4v) is 0.411. The quantitative estimate of drug-likeness (QED) is 0.451. The summed E-state index contributed by atoms with van der Waals surface area (Å²) in [4.78, 5) is 21.3. The van der Waals surface area contributed by atoms with Gasteiger partial charge < -0.3 is 4.74 Å². The van der Waals surface area contributed by atoms with E-state index in [2.05, 4.69) is 4.74 Å². The van der Waals surface area contributed by atoms with Gasteiger partial charge in [-0.1, -0.05) is 13.8 Å². The zero-order chi connectivity index (χ0) is 8.85. The molecule has 0 aliphatic carbocycles. The molecule has 0 saturated heterocycles. The minimum absolute atomic E-state index is 0.0732. The molecule has 0 N–H and O–H groups in total. The van der Waals surface area contributed by atoms with E-state index >= 15 is 0 Å². The summed E-state index contributed by atoms with van der Waals surface area (Å²) < 4.78 is 4.30. The maximum absolute atomic E-state index is 10.9. The van der Waals surface area contributed by atoms with E-state index in [1.165, 1.54) is 13.2 Å². The second kappa shape index (κ2) is 4.66. The Morgan fingerprint density at radius 3 is 2.18 bits per heavy atom. The zero-order valence-corrected chi connectivity index (χ0v) is 6.96. The normalized spacial score (nSPS) is 10.5. The van der Waals surface area contributed by atoms with E-state index in [1.54, 1.807) is 13.8 Å². The highest BCUT2D eigenvalue weighted by atomic mass is 16.5. The van der Waals surface area contributed by atoms with Crippen LogP contribution >= 0.6 is 0 Å². The van der Waals surface area contributed by atoms with Crippen molar-refractivity contribution in [3.8, 4) is 0 Å². The largest absolute Gasteiger partial charge is 0.466 e. The molecule has 0 fully saturated rings. The molecule has 0 aliphatic rings. The molecule has 0 aromatic heterocycles. The van der Waals surface area contributed by atoms with Crippen LogP contribution in [0.5, 0.6) is 0 Å². The van der Waals surface area contributed by atoms with Gasteiger partial charge in [-0.25, -0.2) is 4.79 Å². The molecule has 11 heavy (non-hydrogen) atoms. The number of ketones is 1. The van der Waals surface area contributed by atoms with Crippen LogP contribution in [0.4, 0.5) is 0 Å². The van der Waals surface area contributed by atoms with Crippen molar-refractivity contribution in [1.82, 2.24) is 0 Å². The molecular formula is C8H12O3. The number of methoxy groups -OCH3 is 1. The first-order valence-corrected chi connectivity index (χ1v) is 3.37. The summed E-state index contributed by atoms with van der Waals surface area (Å²) in [6, 6.07) is 0. The highest BCUT2D eigenvalue weighted by Gasteiger charge is 2.02. The van der Waals surface area contributed by atoms with Crippen molar-refractivity contribution in [1.29, 1.82) is 0 Å². The van der Waals surface area contributed by atoms with Crippen molar-refractivity contribution in [2.45, 2.75) is 13.8 Å². The maximum atomic E-state index is 10.9. The lowest BCUT2D eigenvalue weighted by molar-refractivity contribution is -0.135. The second-order valence-corrected chi connectivity index (χ2v) is 2.41. The van der Waals surface area contributed by atoms with Crippen molar-refractivity contribution in [2.24, 2.45) is 5.92 Å². The highest BCUT2D eigenvalue weighted by Crippen LogP contribution is 1.94. The molecule has 0 aromatic rings. The Balaban J connectivity index is 3.93. The monoisotopic (exact) mass is 156 g/mol. The van der Waals surface area contributed by atoms with Crippen molar-refractivity contribution in [2.75, 3.05) is 7.11 Å². The minimum Gasteiger partial charge on any atom is -0.466 e. The van der Waals surface area contributed by atoms with Gasteiger partial charge in [0.2, 0.25) is 0 Å². The first-order valence-electron chi connectivity index (χ1n) is 3.37. The Morgan fingerprint density at radius 1 is 1.27 bits per heavy atom. The average molecular weight is 156 g/mol. The van der Waals surface area contributed by atoms with E-state index in [4.69, 9.17) is 0 Å². The van der Waals surface area contributed by atoms with E-state index in [9.17, 15) is 9.59 Å². The lowest BCUT2D eigenvalue weighted by Gasteiger charge is -1.95. The Hall–Kier alpha value is -1.12. The number of carbonyl (C=O) groups is 2. The second-order valence-electron chi connectivity index (χ2n) is 2.41. The molecule has 0 spiro atoms. The van der Waals surface area contributed by atoms with Crippen LogP contribution in [0.1, 0.15) is 13.8 Å². The van der Waals surface area contributed by atoms with Crippen LogP contribution < -0.4 is 0 Å². The van der Waals surface area contributed by atoms with E-state index in [1.807, 2.05) is 0 Å². The van der Waals surface area contributed by atoms with Gasteiger partial charge in [-0.3, -0.25) is 4.79 Å². The Bertz CT molecular complexity index is 180. The molecule has 0 radical (unpaired) electrons. The molecule has 3 nitrogen and oxygen atoms in total. The van der Waals surface area contributed by atoms with Crippen LogP contribution in [-0.2, 0) is 14.3 Å². The SMILES string of the molecule is COC(=O)/C=C/C(=O)C(C)C. The topological polar surface area (TPSA) is 43.4 Å². The predicted molar refractivity (Wildman–Crippen MR) is 41.0 cm³/mol. The first-order chi connectivity index (χ1) is 5.07. The summed E-state index contributed by atoms with van der Waals surface area (Å²) in [5.74, 6) is -0.648. The molecule has 0 unspecified atom stereocenters. The fourth-order valence-electron chi connectivity index (χ4n) is 0.411. The Kier molecular flexibility index (Phi) is 4.18. The number of hydrogen-bond acceptors (Lipinski definition) is 3. The van der Waals surface area contributed by atoms with Crippen LogP contribution in [0, 0.1) is 5.92 Å². The molecule has 0 rings (SSSR count). The van der Waals surface area contributed by atoms with Crippen molar-refractivity contribution in [3.63, 3.8) is 0 Å². The highest BCUT2D eigenvalue weighted by molar-refractivity contribution is 5.96. The lowest BCUT2D eigenvalue weighted by atomic mass is 10.1. The van der Waals surface area contributed by atoms with Crippen LogP contribution in [0.15, 0.2) is 12.2 Å². The first kappa shape index (κ1) is 9.88. The molecule has 0 heterocycles. The summed E-state index contributed by atoms with van der Waals surface area (Å²) in [5.41, 5.74) is 0. The molecule has 0 atom stereocenters. The third-order valence-electron chi connectivity index (χ3n) is 1.15. The molecule has 0 bridgehead atoms. The molecule has 3 heteroatoms. The number of ether oxygens (including phenoxy) is 1. The lowest BCUT2D eigenvalue weighted by Crippen LogP contribution is -2.04. The summed E-state index contributed by atoms with van der Waals surface area (Å²) in [5, 5.41) is 0. The molecular weight excluding hydrogens is 144 g/mol. The van der Waals surface area contributed by atoms with Gasteiger partial charge in [0.05, 0.1) is 7.11 Å². The Morgan fingerprint density at radius 2 is 1.82 bits per heavy atom. The van der Waals surface area contributed by atoms with E-state index < -0.39 is 5.97 Å². The van der Waals surface area contributed by atoms with E-state index in [0.29, 0.717) is 0 Å². The van der Waals surface area contributed by atoms with E-state index in [-0.39, 0.29) is 11.7 Å². The van der Waals surface area contributed by atoms with Gasteiger partial charge in [-0.2, -0.15) is 0 Å². The van der Waals surface area contributed by atoms with Gasteiger partial charge >= 0.3 is 5.97 Å². The van der Waals surface area contributed by atoms with Crippen LogP contribution in [-0.4, -0.2) is 18.9 Å². The number of esters is 1. The van der Waals surface area contributed by atoms with Gasteiger partial charge in [0.15, 0.2) is 5.78 Å². The van der Waals surface area contributed by atoms with Gasteiger partial charge in [-0.05, 0) is 6.08 Å². The van der Waals surface area contributed by atoms with Gasteiger partial charge in [0.25, 0.3) is 0 Å². The summed E-state index contributed by atoms with van der Waals surface area (Å²) in [6.07, 6.45) is 2.36. The number of hydrogen-bond donors (Lipinski definition) is 0. The standard InChI is InChI=1S/C8H12O3/c1-6(2)7(9)4-5-8(10)11-3/h4-6H,1-3H3/b5-4+. The maximum Gasteiger partial charge on any atom is 0.330 e.